The predicted octanol–water partition coefficient (Wildman–Crippen LogP) is 4.72. The number of carbonyl (C=O) groups excluding carboxylic acids is 1. The monoisotopic (exact) mass is 443 g/mol. The molecule has 7 nitrogen and oxygen atoms in total. The average Bonchev–Trinajstić information content (AvgIpc) is 3.52. The molecule has 160 valence electrons. The van der Waals surface area contributed by atoms with E-state index in [2.05, 4.69) is 5.32 Å². The summed E-state index contributed by atoms with van der Waals surface area (Å²) in [5.41, 5.74) is 2.47. The third kappa shape index (κ3) is 3.97. The first kappa shape index (κ1) is 20.3. The van der Waals surface area contributed by atoms with E-state index in [0.29, 0.717) is 29.7 Å². The highest BCUT2D eigenvalue weighted by molar-refractivity contribution is 8.00. The van der Waals surface area contributed by atoms with Crippen molar-refractivity contribution in [2.45, 2.75) is 30.3 Å². The number of hydrogen-bond acceptors (Lipinski definition) is 6. The molecule has 0 aliphatic rings. The molecule has 2 aromatic carbocycles. The maximum atomic E-state index is 12.9. The van der Waals surface area contributed by atoms with Gasteiger partial charge in [0, 0.05) is 10.9 Å². The summed E-state index contributed by atoms with van der Waals surface area (Å²) in [4.78, 5) is 22.5. The van der Waals surface area contributed by atoms with Gasteiger partial charge in [-0.25, -0.2) is 9.97 Å². The highest BCUT2D eigenvalue weighted by Gasteiger charge is 2.22. The zero-order valence-electron chi connectivity index (χ0n) is 17.4. The van der Waals surface area contributed by atoms with E-state index in [4.69, 9.17) is 19.5 Å². The summed E-state index contributed by atoms with van der Waals surface area (Å²) in [6.07, 6.45) is 2.24. The molecule has 0 fully saturated rings. The fourth-order valence-electron chi connectivity index (χ4n) is 3.47. The summed E-state index contributed by atoms with van der Waals surface area (Å²) in [5.74, 6) is 1.27. The molecule has 0 radical (unpaired) electrons. The molecule has 0 bridgehead atoms. The van der Waals surface area contributed by atoms with Crippen LogP contribution in [0.3, 0.4) is 0 Å². The first-order chi connectivity index (χ1) is 15.7. The van der Waals surface area contributed by atoms with E-state index < -0.39 is 0 Å². The number of benzene rings is 2. The Morgan fingerprint density at radius 1 is 1.06 bits per heavy atom. The minimum atomic E-state index is -0.328. The van der Waals surface area contributed by atoms with Crippen LogP contribution in [0.2, 0.25) is 0 Å². The number of amides is 1. The van der Waals surface area contributed by atoms with Crippen molar-refractivity contribution in [3.63, 3.8) is 0 Å². The number of carbonyl (C=O) groups is 1. The van der Waals surface area contributed by atoms with E-state index in [1.54, 1.807) is 16.8 Å². The smallest absolute Gasteiger partial charge is 0.233 e. The average molecular weight is 444 g/mol. The third-order valence-corrected chi connectivity index (χ3v) is 6.42. The minimum absolute atomic E-state index is 0.0691. The molecule has 3 heterocycles. The number of furan rings is 1. The number of nitrogens with one attached hydrogen (secondary N) is 1. The molecule has 0 aliphatic carbocycles. The largest absolute Gasteiger partial charge is 0.467 e. The highest BCUT2D eigenvalue weighted by atomic mass is 32.2. The molecule has 0 saturated carbocycles. The van der Waals surface area contributed by atoms with Crippen molar-refractivity contribution in [2.24, 2.45) is 0 Å². The van der Waals surface area contributed by atoms with E-state index in [1.165, 1.54) is 11.8 Å². The summed E-state index contributed by atoms with van der Waals surface area (Å²) >= 11 is 1.39. The Morgan fingerprint density at radius 2 is 1.88 bits per heavy atom. The van der Waals surface area contributed by atoms with Gasteiger partial charge in [-0.3, -0.25) is 4.79 Å². The quantitative estimate of drug-likeness (QED) is 0.289. The van der Waals surface area contributed by atoms with E-state index in [1.807, 2.05) is 67.6 Å². The summed E-state index contributed by atoms with van der Waals surface area (Å²) in [6.45, 7) is 2.34. The lowest BCUT2D eigenvalue weighted by atomic mass is 10.2. The maximum Gasteiger partial charge on any atom is 0.233 e. The summed E-state index contributed by atoms with van der Waals surface area (Å²) in [7, 11) is 0. The normalized spacial score (nSPS) is 12.3. The molecule has 1 amide bonds. The SMILES string of the molecule is CCC(Sc1nc2ccccc2c2nc(-c3ccccc3)nn12)C(=O)NCc1ccco1. The Labute approximate surface area is 188 Å². The number of rotatable bonds is 7. The van der Waals surface area contributed by atoms with Crippen molar-refractivity contribution < 1.29 is 9.21 Å². The van der Waals surface area contributed by atoms with Gasteiger partial charge in [-0.15, -0.1) is 5.10 Å². The van der Waals surface area contributed by atoms with E-state index in [9.17, 15) is 4.79 Å². The summed E-state index contributed by atoms with van der Waals surface area (Å²) in [5, 5.41) is 8.91. The van der Waals surface area contributed by atoms with Crippen LogP contribution in [0.4, 0.5) is 0 Å². The molecule has 1 atom stereocenters. The van der Waals surface area contributed by atoms with Crippen LogP contribution in [0, 0.1) is 0 Å². The van der Waals surface area contributed by atoms with Crippen LogP contribution in [0.25, 0.3) is 27.9 Å². The Kier molecular flexibility index (Phi) is 5.60. The molecular weight excluding hydrogens is 422 g/mol. The van der Waals surface area contributed by atoms with Gasteiger partial charge < -0.3 is 9.73 Å². The lowest BCUT2D eigenvalue weighted by molar-refractivity contribution is -0.120. The lowest BCUT2D eigenvalue weighted by Crippen LogP contribution is -2.32. The first-order valence-electron chi connectivity index (χ1n) is 10.4. The molecule has 5 rings (SSSR count). The van der Waals surface area contributed by atoms with Gasteiger partial charge in [0.15, 0.2) is 16.6 Å². The van der Waals surface area contributed by atoms with Crippen molar-refractivity contribution >= 4 is 34.2 Å². The van der Waals surface area contributed by atoms with E-state index >= 15 is 0 Å². The second-order valence-electron chi connectivity index (χ2n) is 7.26. The maximum absolute atomic E-state index is 12.9. The van der Waals surface area contributed by atoms with E-state index in [0.717, 1.165) is 22.1 Å². The zero-order valence-corrected chi connectivity index (χ0v) is 18.2. The Bertz CT molecular complexity index is 1370. The molecular formula is C24H21N5O2S. The van der Waals surface area contributed by atoms with Crippen LogP contribution in [-0.4, -0.2) is 30.7 Å². The van der Waals surface area contributed by atoms with E-state index in [-0.39, 0.29) is 11.2 Å². The van der Waals surface area contributed by atoms with Crippen LogP contribution in [0.5, 0.6) is 0 Å². The van der Waals surface area contributed by atoms with Gasteiger partial charge in [-0.2, -0.15) is 4.52 Å². The molecule has 3 aromatic heterocycles. The van der Waals surface area contributed by atoms with Gasteiger partial charge >= 0.3 is 0 Å². The van der Waals surface area contributed by atoms with Crippen molar-refractivity contribution in [2.75, 3.05) is 0 Å². The molecule has 0 spiro atoms. The van der Waals surface area contributed by atoms with Crippen LogP contribution < -0.4 is 5.32 Å². The molecule has 8 heteroatoms. The molecule has 0 aliphatic heterocycles. The fraction of sp³-hybridized carbons (Fsp3) is 0.167. The molecule has 32 heavy (non-hydrogen) atoms. The van der Waals surface area contributed by atoms with Crippen LogP contribution in [0.1, 0.15) is 19.1 Å². The van der Waals surface area contributed by atoms with Gasteiger partial charge in [0.1, 0.15) is 5.76 Å². The van der Waals surface area contributed by atoms with Crippen molar-refractivity contribution in [3.05, 3.63) is 78.8 Å². The van der Waals surface area contributed by atoms with Crippen molar-refractivity contribution in [3.8, 4) is 11.4 Å². The lowest BCUT2D eigenvalue weighted by Gasteiger charge is -2.14. The number of hydrogen-bond donors (Lipinski definition) is 1. The second kappa shape index (κ2) is 8.84. The van der Waals surface area contributed by atoms with Gasteiger partial charge in [0.2, 0.25) is 5.91 Å². The Balaban J connectivity index is 1.51. The first-order valence-corrected chi connectivity index (χ1v) is 11.3. The highest BCUT2D eigenvalue weighted by Crippen LogP contribution is 2.29. The number of thioether (sulfide) groups is 1. The van der Waals surface area contributed by atoms with Crippen LogP contribution in [0.15, 0.2) is 82.6 Å². The summed E-state index contributed by atoms with van der Waals surface area (Å²) < 4.78 is 7.06. The zero-order chi connectivity index (χ0) is 21.9. The topological polar surface area (TPSA) is 85.3 Å². The standard InChI is InChI=1S/C24H21N5O2S/c1-2-20(23(30)25-15-17-11-8-14-31-17)32-24-26-19-13-7-6-12-18(19)22-27-21(28-29(22)24)16-9-4-3-5-10-16/h3-14,20H,2,15H2,1H3,(H,25,30). The second-order valence-corrected chi connectivity index (χ2v) is 8.43. The number of nitrogens with zero attached hydrogens (tertiary/aromatic N) is 4. The van der Waals surface area contributed by atoms with Crippen LogP contribution >= 0.6 is 11.8 Å². The van der Waals surface area contributed by atoms with Gasteiger partial charge in [0.25, 0.3) is 0 Å². The number of aromatic nitrogens is 4. The third-order valence-electron chi connectivity index (χ3n) is 5.11. The molecule has 5 aromatic rings. The van der Waals surface area contributed by atoms with Gasteiger partial charge in [-0.1, -0.05) is 61.2 Å². The fourth-order valence-corrected chi connectivity index (χ4v) is 4.46. The Morgan fingerprint density at radius 3 is 2.66 bits per heavy atom. The number of para-hydroxylation sites is 1. The molecule has 0 saturated heterocycles. The predicted molar refractivity (Wildman–Crippen MR) is 124 cm³/mol. The minimum Gasteiger partial charge on any atom is -0.467 e. The van der Waals surface area contributed by atoms with Crippen LogP contribution in [-0.2, 0) is 11.3 Å². The van der Waals surface area contributed by atoms with Gasteiger partial charge in [0.05, 0.1) is 23.6 Å². The van der Waals surface area contributed by atoms with Crippen molar-refractivity contribution in [1.82, 2.24) is 24.9 Å². The van der Waals surface area contributed by atoms with Crippen molar-refractivity contribution in [1.29, 1.82) is 0 Å². The Hall–Kier alpha value is -3.65. The molecule has 1 unspecified atom stereocenters. The van der Waals surface area contributed by atoms with Gasteiger partial charge in [-0.05, 0) is 30.7 Å². The molecule has 1 N–H and O–H groups in total. The summed E-state index contributed by atoms with van der Waals surface area (Å²) in [6, 6.07) is 21.3. The number of fused-ring (bicyclic) bond motifs is 3.